The molecule has 1 aromatic heterocycles. The van der Waals surface area contributed by atoms with Gasteiger partial charge >= 0.3 is 0 Å². The average molecular weight is 268 g/mol. The minimum Gasteiger partial charge on any atom is -0.360 e. The van der Waals surface area contributed by atoms with Crippen molar-refractivity contribution in [3.05, 3.63) is 21.9 Å². The van der Waals surface area contributed by atoms with Gasteiger partial charge in [0, 0.05) is 11.3 Å². The van der Waals surface area contributed by atoms with Crippen LogP contribution in [0.1, 0.15) is 37.8 Å². The van der Waals surface area contributed by atoms with Crippen molar-refractivity contribution in [2.24, 2.45) is 4.99 Å². The molecule has 4 heteroatoms. The van der Waals surface area contributed by atoms with Crippen molar-refractivity contribution in [2.75, 3.05) is 5.75 Å². The van der Waals surface area contributed by atoms with E-state index in [-0.39, 0.29) is 5.54 Å². The van der Waals surface area contributed by atoms with Crippen molar-refractivity contribution in [3.63, 3.8) is 0 Å². The Morgan fingerprint density at radius 2 is 2.29 bits per heavy atom. The molecule has 0 bridgehead atoms. The first-order valence-electron chi connectivity index (χ1n) is 6.10. The summed E-state index contributed by atoms with van der Waals surface area (Å²) in [5.41, 5.74) is 2.96. The molecular formula is C13H20N2S2. The van der Waals surface area contributed by atoms with Crippen molar-refractivity contribution in [1.82, 2.24) is 5.32 Å². The number of hydrogen-bond acceptors (Lipinski definition) is 3. The van der Waals surface area contributed by atoms with Crippen LogP contribution in [0.3, 0.4) is 0 Å². The van der Waals surface area contributed by atoms with E-state index in [0.717, 1.165) is 18.1 Å². The number of nitrogens with zero attached hydrogens (tertiary/aromatic N) is 1. The summed E-state index contributed by atoms with van der Waals surface area (Å²) >= 11 is 3.61. The second-order valence-electron chi connectivity index (χ2n) is 4.84. The number of aliphatic imine (C=N–C) groups is 1. The topological polar surface area (TPSA) is 24.4 Å². The molecule has 1 atom stereocenters. The number of rotatable bonds is 3. The minimum atomic E-state index is 0.244. The number of hydrogen-bond donors (Lipinski definition) is 1. The number of nitrogens with one attached hydrogen (secondary N) is 1. The Labute approximate surface area is 112 Å². The van der Waals surface area contributed by atoms with Crippen LogP contribution in [0.15, 0.2) is 15.8 Å². The zero-order valence-corrected chi connectivity index (χ0v) is 12.4. The van der Waals surface area contributed by atoms with Crippen LogP contribution in [-0.4, -0.2) is 16.5 Å². The average Bonchev–Trinajstić information content (AvgIpc) is 2.73. The predicted octanol–water partition coefficient (Wildman–Crippen LogP) is 3.81. The first-order chi connectivity index (χ1) is 8.13. The van der Waals surface area contributed by atoms with Gasteiger partial charge in [-0.25, -0.2) is 0 Å². The molecular weight excluding hydrogens is 248 g/mol. The minimum absolute atomic E-state index is 0.244. The summed E-state index contributed by atoms with van der Waals surface area (Å²) in [5.74, 6) is 1.18. The zero-order chi connectivity index (χ0) is 12.3. The van der Waals surface area contributed by atoms with Crippen LogP contribution in [0.25, 0.3) is 0 Å². The summed E-state index contributed by atoms with van der Waals surface area (Å²) in [5, 5.41) is 9.08. The third-order valence-electron chi connectivity index (χ3n) is 3.44. The molecule has 17 heavy (non-hydrogen) atoms. The van der Waals surface area contributed by atoms with Gasteiger partial charge in [0.15, 0.2) is 5.17 Å². The first kappa shape index (κ1) is 13.0. The first-order valence-corrected chi connectivity index (χ1v) is 8.03. The van der Waals surface area contributed by atoms with Crippen molar-refractivity contribution in [1.29, 1.82) is 0 Å². The Kier molecular flexibility index (Phi) is 4.15. The van der Waals surface area contributed by atoms with Crippen LogP contribution >= 0.6 is 23.1 Å². The third kappa shape index (κ3) is 3.26. The Morgan fingerprint density at radius 1 is 1.47 bits per heavy atom. The van der Waals surface area contributed by atoms with E-state index in [1.165, 1.54) is 23.3 Å². The fourth-order valence-corrected chi connectivity index (χ4v) is 3.85. The molecule has 0 aliphatic carbocycles. The standard InChI is InChI=1S/C13H20N2S2/c1-4-13(3)5-6-17-12(15-13)14-7-11-9-16-8-10(11)2/h8-9H,4-7H2,1-3H3,(H,14,15). The van der Waals surface area contributed by atoms with Crippen molar-refractivity contribution in [3.8, 4) is 0 Å². The van der Waals surface area contributed by atoms with Gasteiger partial charge < -0.3 is 5.32 Å². The second-order valence-corrected chi connectivity index (χ2v) is 6.67. The van der Waals surface area contributed by atoms with Crippen LogP contribution in [0.4, 0.5) is 0 Å². The largest absolute Gasteiger partial charge is 0.360 e. The molecule has 2 heterocycles. The molecule has 1 aliphatic rings. The third-order valence-corrected chi connectivity index (χ3v) is 5.26. The van der Waals surface area contributed by atoms with E-state index in [0.29, 0.717) is 0 Å². The Bertz CT molecular complexity index is 411. The maximum absolute atomic E-state index is 4.71. The molecule has 2 nitrogen and oxygen atoms in total. The smallest absolute Gasteiger partial charge is 0.157 e. The summed E-state index contributed by atoms with van der Waals surface area (Å²) in [6.45, 7) is 7.50. The van der Waals surface area contributed by atoms with Gasteiger partial charge in [0.25, 0.3) is 0 Å². The lowest BCUT2D eigenvalue weighted by Gasteiger charge is -2.35. The van der Waals surface area contributed by atoms with E-state index in [9.17, 15) is 0 Å². The lowest BCUT2D eigenvalue weighted by molar-refractivity contribution is 0.390. The molecule has 2 rings (SSSR count). The van der Waals surface area contributed by atoms with Crippen molar-refractivity contribution >= 4 is 28.3 Å². The molecule has 1 N–H and O–H groups in total. The molecule has 1 aromatic rings. The van der Waals surface area contributed by atoms with Gasteiger partial charge in [0.1, 0.15) is 0 Å². The van der Waals surface area contributed by atoms with E-state index in [2.05, 4.69) is 36.8 Å². The SMILES string of the molecule is CCC1(C)CCSC(=NCc2cscc2C)N1. The number of amidine groups is 1. The molecule has 1 unspecified atom stereocenters. The van der Waals surface area contributed by atoms with E-state index in [1.807, 2.05) is 11.8 Å². The van der Waals surface area contributed by atoms with Gasteiger partial charge in [-0.1, -0.05) is 18.7 Å². The molecule has 0 aromatic carbocycles. The number of thioether (sulfide) groups is 1. The molecule has 94 valence electrons. The lowest BCUT2D eigenvalue weighted by Crippen LogP contribution is -2.48. The maximum atomic E-state index is 4.71. The van der Waals surface area contributed by atoms with Crippen molar-refractivity contribution in [2.45, 2.75) is 45.7 Å². The molecule has 1 saturated heterocycles. The number of thiophene rings is 1. The fourth-order valence-electron chi connectivity index (χ4n) is 1.79. The molecule has 1 aliphatic heterocycles. The van der Waals surface area contributed by atoms with E-state index < -0.39 is 0 Å². The van der Waals surface area contributed by atoms with Crippen LogP contribution in [0, 0.1) is 6.92 Å². The lowest BCUT2D eigenvalue weighted by atomic mass is 9.96. The highest BCUT2D eigenvalue weighted by molar-refractivity contribution is 8.13. The maximum Gasteiger partial charge on any atom is 0.157 e. The highest BCUT2D eigenvalue weighted by atomic mass is 32.2. The van der Waals surface area contributed by atoms with E-state index in [4.69, 9.17) is 4.99 Å². The van der Waals surface area contributed by atoms with Gasteiger partial charge in [0.2, 0.25) is 0 Å². The molecule has 0 saturated carbocycles. The molecule has 1 fully saturated rings. The van der Waals surface area contributed by atoms with Gasteiger partial charge in [0.05, 0.1) is 6.54 Å². The Morgan fingerprint density at radius 3 is 2.94 bits per heavy atom. The van der Waals surface area contributed by atoms with Crippen LogP contribution in [0.2, 0.25) is 0 Å². The molecule has 0 spiro atoms. The zero-order valence-electron chi connectivity index (χ0n) is 10.7. The fraction of sp³-hybridized carbons (Fsp3) is 0.615. The van der Waals surface area contributed by atoms with Crippen LogP contribution in [0.5, 0.6) is 0 Å². The summed E-state index contributed by atoms with van der Waals surface area (Å²) in [6, 6.07) is 0. The van der Waals surface area contributed by atoms with Crippen molar-refractivity contribution < 1.29 is 0 Å². The number of aryl methyl sites for hydroxylation is 1. The highest BCUT2D eigenvalue weighted by Crippen LogP contribution is 2.25. The summed E-state index contributed by atoms with van der Waals surface area (Å²) in [4.78, 5) is 4.71. The monoisotopic (exact) mass is 268 g/mol. The van der Waals surface area contributed by atoms with E-state index in [1.54, 1.807) is 11.3 Å². The predicted molar refractivity (Wildman–Crippen MR) is 79.1 cm³/mol. The molecule has 0 radical (unpaired) electrons. The summed E-state index contributed by atoms with van der Waals surface area (Å²) in [7, 11) is 0. The second kappa shape index (κ2) is 5.44. The van der Waals surface area contributed by atoms with E-state index >= 15 is 0 Å². The normalized spacial score (nSPS) is 27.1. The molecule has 0 amide bonds. The Hall–Kier alpha value is -0.480. The van der Waals surface area contributed by atoms with Gasteiger partial charge in [-0.15, -0.1) is 0 Å². The van der Waals surface area contributed by atoms with Gasteiger partial charge in [-0.3, -0.25) is 4.99 Å². The van der Waals surface area contributed by atoms with Gasteiger partial charge in [-0.05, 0) is 48.6 Å². The highest BCUT2D eigenvalue weighted by Gasteiger charge is 2.27. The quantitative estimate of drug-likeness (QED) is 0.901. The summed E-state index contributed by atoms with van der Waals surface area (Å²) < 4.78 is 0. The van der Waals surface area contributed by atoms with Crippen LogP contribution < -0.4 is 5.32 Å². The van der Waals surface area contributed by atoms with Crippen LogP contribution in [-0.2, 0) is 6.54 Å². The Balaban J connectivity index is 2.00. The summed E-state index contributed by atoms with van der Waals surface area (Å²) in [6.07, 6.45) is 2.38. The van der Waals surface area contributed by atoms with Gasteiger partial charge in [-0.2, -0.15) is 11.3 Å².